The number of piperidine rings is 1. The van der Waals surface area contributed by atoms with E-state index in [1.807, 2.05) is 4.90 Å². The van der Waals surface area contributed by atoms with E-state index in [1.54, 1.807) is 6.92 Å². The van der Waals surface area contributed by atoms with E-state index in [9.17, 15) is 14.7 Å². The molecule has 28 heavy (non-hydrogen) atoms. The van der Waals surface area contributed by atoms with E-state index in [0.29, 0.717) is 25.9 Å². The summed E-state index contributed by atoms with van der Waals surface area (Å²) in [7, 11) is 0. The molecule has 3 aliphatic heterocycles. The maximum atomic E-state index is 12.6. The molecule has 3 heterocycles. The van der Waals surface area contributed by atoms with Crippen LogP contribution in [0.2, 0.25) is 0 Å². The monoisotopic (exact) mass is 394 g/mol. The third kappa shape index (κ3) is 6.42. The Hall–Kier alpha value is -1.18. The van der Waals surface area contributed by atoms with Crippen molar-refractivity contribution in [3.63, 3.8) is 0 Å². The molecular weight excluding hydrogens is 356 g/mol. The summed E-state index contributed by atoms with van der Waals surface area (Å²) in [5.41, 5.74) is -0.704. The molecule has 1 atom stereocenters. The number of β-amino-alcohol motifs (C(OH)–C–C–N with tert-alkyl or cyclic N) is 1. The average molecular weight is 395 g/mol. The Kier molecular flexibility index (Phi) is 7.71. The Balaban J connectivity index is 1.40. The molecule has 0 saturated carbocycles. The number of hydrogen-bond acceptors (Lipinski definition) is 5. The molecule has 3 aliphatic rings. The van der Waals surface area contributed by atoms with Gasteiger partial charge < -0.3 is 25.1 Å². The molecule has 0 bridgehead atoms. The summed E-state index contributed by atoms with van der Waals surface area (Å²) in [5.74, 6) is 0.280. The fraction of sp³-hybridized carbons (Fsp3) is 0.905. The first-order valence-corrected chi connectivity index (χ1v) is 11.2. The summed E-state index contributed by atoms with van der Waals surface area (Å²) in [5, 5.41) is 14.2. The molecule has 7 heteroatoms. The summed E-state index contributed by atoms with van der Waals surface area (Å²) in [6.07, 6.45) is 7.29. The Bertz CT molecular complexity index is 530. The Morgan fingerprint density at radius 2 is 1.68 bits per heavy atom. The van der Waals surface area contributed by atoms with Crippen molar-refractivity contribution in [3.8, 4) is 0 Å². The first-order chi connectivity index (χ1) is 13.4. The molecule has 7 nitrogen and oxygen atoms in total. The fourth-order valence-electron chi connectivity index (χ4n) is 4.94. The maximum Gasteiger partial charge on any atom is 0.223 e. The normalized spacial score (nSPS) is 28.3. The quantitative estimate of drug-likeness (QED) is 0.698. The van der Waals surface area contributed by atoms with Crippen molar-refractivity contribution in [1.82, 2.24) is 20.0 Å². The van der Waals surface area contributed by atoms with Gasteiger partial charge in [0.15, 0.2) is 0 Å². The Morgan fingerprint density at radius 3 is 2.36 bits per heavy atom. The highest BCUT2D eigenvalue weighted by Crippen LogP contribution is 2.25. The highest BCUT2D eigenvalue weighted by Gasteiger charge is 2.34. The van der Waals surface area contributed by atoms with Crippen LogP contribution in [0.5, 0.6) is 0 Å². The lowest BCUT2D eigenvalue weighted by atomic mass is 9.93. The zero-order valence-corrected chi connectivity index (χ0v) is 17.5. The number of nitrogens with one attached hydrogen (secondary N) is 1. The Morgan fingerprint density at radius 1 is 0.964 bits per heavy atom. The fourth-order valence-corrected chi connectivity index (χ4v) is 4.94. The zero-order chi connectivity index (χ0) is 20.0. The lowest BCUT2D eigenvalue weighted by molar-refractivity contribution is -0.131. The van der Waals surface area contributed by atoms with Gasteiger partial charge >= 0.3 is 0 Å². The number of hydrogen-bond donors (Lipinski definition) is 2. The molecule has 0 aromatic carbocycles. The first kappa shape index (κ1) is 21.5. The second-order valence-corrected chi connectivity index (χ2v) is 9.01. The van der Waals surface area contributed by atoms with Crippen LogP contribution in [0.1, 0.15) is 58.3 Å². The van der Waals surface area contributed by atoms with Gasteiger partial charge in [-0.05, 0) is 58.0 Å². The number of aliphatic hydroxyl groups is 1. The van der Waals surface area contributed by atoms with E-state index < -0.39 is 5.60 Å². The molecule has 3 fully saturated rings. The highest BCUT2D eigenvalue weighted by atomic mass is 16.3. The van der Waals surface area contributed by atoms with E-state index in [1.165, 1.54) is 12.8 Å². The molecule has 2 amide bonds. The minimum Gasteiger partial charge on any atom is -0.388 e. The third-order valence-electron chi connectivity index (χ3n) is 6.62. The number of likely N-dealkylation sites (tertiary alicyclic amines) is 3. The van der Waals surface area contributed by atoms with Crippen molar-refractivity contribution in [2.75, 3.05) is 52.4 Å². The van der Waals surface area contributed by atoms with Crippen molar-refractivity contribution >= 4 is 11.8 Å². The predicted molar refractivity (Wildman–Crippen MR) is 109 cm³/mol. The molecular formula is C21H38N4O3. The van der Waals surface area contributed by atoms with E-state index >= 15 is 0 Å². The summed E-state index contributed by atoms with van der Waals surface area (Å²) >= 11 is 0. The molecule has 0 radical (unpaired) electrons. The van der Waals surface area contributed by atoms with Crippen molar-refractivity contribution in [2.45, 2.75) is 69.9 Å². The average Bonchev–Trinajstić information content (AvgIpc) is 3.10. The smallest absolute Gasteiger partial charge is 0.223 e. The van der Waals surface area contributed by atoms with Crippen LogP contribution in [0.15, 0.2) is 0 Å². The minimum absolute atomic E-state index is 0.0373. The zero-order valence-electron chi connectivity index (χ0n) is 17.5. The topological polar surface area (TPSA) is 76.1 Å². The second kappa shape index (κ2) is 10.0. The van der Waals surface area contributed by atoms with Crippen LogP contribution < -0.4 is 5.32 Å². The van der Waals surface area contributed by atoms with Gasteiger partial charge in [0, 0.05) is 58.7 Å². The van der Waals surface area contributed by atoms with Crippen LogP contribution in [0.4, 0.5) is 0 Å². The second-order valence-electron chi connectivity index (χ2n) is 9.01. The van der Waals surface area contributed by atoms with E-state index in [2.05, 4.69) is 15.1 Å². The van der Waals surface area contributed by atoms with Crippen molar-refractivity contribution in [2.24, 2.45) is 0 Å². The lowest BCUT2D eigenvalue weighted by Crippen LogP contribution is -2.50. The van der Waals surface area contributed by atoms with Gasteiger partial charge in [0.1, 0.15) is 0 Å². The SMILES string of the molecule is CC(=O)NC1CCN(C[C@@]2(O)CCCN(C(=O)CCN3CCCC3)CC2)CC1. The van der Waals surface area contributed by atoms with Crippen LogP contribution in [-0.4, -0.2) is 95.6 Å². The van der Waals surface area contributed by atoms with Gasteiger partial charge in [-0.25, -0.2) is 0 Å². The highest BCUT2D eigenvalue weighted by molar-refractivity contribution is 5.76. The van der Waals surface area contributed by atoms with Crippen molar-refractivity contribution < 1.29 is 14.7 Å². The van der Waals surface area contributed by atoms with Crippen molar-refractivity contribution in [1.29, 1.82) is 0 Å². The van der Waals surface area contributed by atoms with Gasteiger partial charge in [0.05, 0.1) is 5.60 Å². The third-order valence-corrected chi connectivity index (χ3v) is 6.62. The number of rotatable bonds is 6. The van der Waals surface area contributed by atoms with Crippen LogP contribution >= 0.6 is 0 Å². The van der Waals surface area contributed by atoms with Crippen LogP contribution in [0, 0.1) is 0 Å². The first-order valence-electron chi connectivity index (χ1n) is 11.2. The maximum absolute atomic E-state index is 12.6. The minimum atomic E-state index is -0.704. The molecule has 3 rings (SSSR count). The molecule has 0 aromatic rings. The van der Waals surface area contributed by atoms with Gasteiger partial charge in [-0.15, -0.1) is 0 Å². The number of amides is 2. The van der Waals surface area contributed by atoms with Crippen LogP contribution in [0.25, 0.3) is 0 Å². The molecule has 160 valence electrons. The molecule has 3 saturated heterocycles. The lowest BCUT2D eigenvalue weighted by Gasteiger charge is -2.38. The van der Waals surface area contributed by atoms with Crippen LogP contribution in [-0.2, 0) is 9.59 Å². The van der Waals surface area contributed by atoms with E-state index in [4.69, 9.17) is 0 Å². The number of nitrogens with zero attached hydrogens (tertiary/aromatic N) is 3. The summed E-state index contributed by atoms with van der Waals surface area (Å²) < 4.78 is 0. The predicted octanol–water partition coefficient (Wildman–Crippen LogP) is 0.816. The van der Waals surface area contributed by atoms with Crippen LogP contribution in [0.3, 0.4) is 0 Å². The number of carbonyl (C=O) groups is 2. The summed E-state index contributed by atoms with van der Waals surface area (Å²) in [4.78, 5) is 30.5. The summed E-state index contributed by atoms with van der Waals surface area (Å²) in [6.45, 7) is 8.63. The van der Waals surface area contributed by atoms with Crippen molar-refractivity contribution in [3.05, 3.63) is 0 Å². The standard InChI is InChI=1S/C21H38N4O3/c1-18(26)22-19-5-13-24(14-6-19)17-21(28)8-4-12-25(16-9-21)20(27)7-15-23-10-2-3-11-23/h19,28H,2-17H2,1H3,(H,22,26)/t21-/m1/s1. The molecule has 0 unspecified atom stereocenters. The molecule has 0 aliphatic carbocycles. The summed E-state index contributed by atoms with van der Waals surface area (Å²) in [6, 6.07) is 0.265. The van der Waals surface area contributed by atoms with E-state index in [0.717, 1.165) is 65.0 Å². The molecule has 0 aromatic heterocycles. The van der Waals surface area contributed by atoms with E-state index in [-0.39, 0.29) is 17.9 Å². The van der Waals surface area contributed by atoms with Gasteiger partial charge in [-0.2, -0.15) is 0 Å². The van der Waals surface area contributed by atoms with Gasteiger partial charge in [0.25, 0.3) is 0 Å². The largest absolute Gasteiger partial charge is 0.388 e. The Labute approximate surface area is 169 Å². The van der Waals surface area contributed by atoms with Gasteiger partial charge in [-0.1, -0.05) is 0 Å². The van der Waals surface area contributed by atoms with Gasteiger partial charge in [-0.3, -0.25) is 9.59 Å². The molecule has 0 spiro atoms. The number of carbonyl (C=O) groups excluding carboxylic acids is 2. The molecule has 2 N–H and O–H groups in total. The van der Waals surface area contributed by atoms with Gasteiger partial charge in [0.2, 0.25) is 11.8 Å².